The van der Waals surface area contributed by atoms with Crippen LogP contribution in [-0.2, 0) is 27.1 Å². The topological polar surface area (TPSA) is 100 Å². The molecule has 310 valence electrons. The number of benzene rings is 5. The molecule has 1 heterocycles. The van der Waals surface area contributed by atoms with Gasteiger partial charge >= 0.3 is 6.09 Å². The number of methoxy groups -OCH3 is 1. The Morgan fingerprint density at radius 2 is 1.46 bits per heavy atom. The molecule has 3 atom stereocenters. The van der Waals surface area contributed by atoms with E-state index in [-0.39, 0.29) is 29.6 Å². The molecule has 5 aromatic rings. The van der Waals surface area contributed by atoms with E-state index >= 15 is 0 Å². The number of thioether (sulfide) groups is 1. The number of amides is 2. The molecule has 1 saturated heterocycles. The summed E-state index contributed by atoms with van der Waals surface area (Å²) in [5.74, 6) is -0.675. The average Bonchev–Trinajstić information content (AvgIpc) is 3.70. The van der Waals surface area contributed by atoms with Crippen molar-refractivity contribution in [2.45, 2.75) is 74.1 Å². The van der Waals surface area contributed by atoms with Gasteiger partial charge in [-0.2, -0.15) is 0 Å². The van der Waals surface area contributed by atoms with Crippen LogP contribution >= 0.6 is 11.8 Å². The smallest absolute Gasteiger partial charge is 0.414 e. The number of nitrogens with one attached hydrogen (secondary N) is 2. The Bertz CT molecular complexity index is 2000. The predicted octanol–water partition coefficient (Wildman–Crippen LogP) is 8.94. The predicted molar refractivity (Wildman–Crippen MR) is 236 cm³/mol. The molecule has 3 N–H and O–H groups in total. The zero-order chi connectivity index (χ0) is 41.8. The maximum Gasteiger partial charge on any atom is 0.414 e. The first kappa shape index (κ1) is 43.6. The Morgan fingerprint density at radius 3 is 2.00 bits per heavy atom. The number of aliphatic hydroxyl groups excluding tert-OH is 1. The first-order valence-corrected chi connectivity index (χ1v) is 21.2. The number of aliphatic hydroxyl groups is 1. The second-order valence-corrected chi connectivity index (χ2v) is 17.6. The molecular weight excluding hydrogens is 762 g/mol. The minimum atomic E-state index is -0.761. The summed E-state index contributed by atoms with van der Waals surface area (Å²) < 4.78 is 24.4. The summed E-state index contributed by atoms with van der Waals surface area (Å²) in [6, 6.07) is 43.1. The lowest BCUT2D eigenvalue weighted by atomic mass is 9.84. The maximum absolute atomic E-state index is 14.2. The zero-order valence-corrected chi connectivity index (χ0v) is 35.2. The van der Waals surface area contributed by atoms with E-state index in [0.717, 1.165) is 24.1 Å². The van der Waals surface area contributed by atoms with Crippen LogP contribution in [0, 0.1) is 5.82 Å². The van der Waals surface area contributed by atoms with Gasteiger partial charge < -0.3 is 25.2 Å². The highest BCUT2D eigenvalue weighted by atomic mass is 32.2. The second kappa shape index (κ2) is 20.3. The molecule has 0 saturated carbocycles. The van der Waals surface area contributed by atoms with Crippen molar-refractivity contribution in [3.05, 3.63) is 173 Å². The lowest BCUT2D eigenvalue weighted by Gasteiger charge is -2.37. The van der Waals surface area contributed by atoms with E-state index in [2.05, 4.69) is 83.4 Å². The molecule has 6 rings (SSSR count). The summed E-state index contributed by atoms with van der Waals surface area (Å²) in [5.41, 5.74) is 5.42. The second-order valence-electron chi connectivity index (χ2n) is 16.1. The molecule has 1 aliphatic heterocycles. The number of ether oxygens (including phenoxy) is 2. The number of hydrogen-bond donors (Lipinski definition) is 3. The minimum absolute atomic E-state index is 0.0803. The van der Waals surface area contributed by atoms with Crippen molar-refractivity contribution >= 4 is 29.4 Å². The van der Waals surface area contributed by atoms with Crippen molar-refractivity contribution in [2.24, 2.45) is 0 Å². The molecule has 0 bridgehead atoms. The van der Waals surface area contributed by atoms with Gasteiger partial charge in [0.2, 0.25) is 0 Å². The van der Waals surface area contributed by atoms with Crippen molar-refractivity contribution in [2.75, 3.05) is 38.3 Å². The van der Waals surface area contributed by atoms with E-state index in [9.17, 15) is 19.1 Å². The highest BCUT2D eigenvalue weighted by molar-refractivity contribution is 8.01. The molecule has 59 heavy (non-hydrogen) atoms. The Hall–Kier alpha value is -5.00. The summed E-state index contributed by atoms with van der Waals surface area (Å²) in [5, 5.41) is 17.0. The molecular formula is C49H56FN3O5S. The Labute approximate surface area is 352 Å². The molecule has 1 fully saturated rings. The average molecular weight is 818 g/mol. The van der Waals surface area contributed by atoms with E-state index in [0.29, 0.717) is 43.7 Å². The van der Waals surface area contributed by atoms with Gasteiger partial charge in [-0.05, 0) is 98.5 Å². The molecule has 10 heteroatoms. The van der Waals surface area contributed by atoms with Crippen LogP contribution < -0.4 is 15.5 Å². The van der Waals surface area contributed by atoms with Crippen LogP contribution in [0.1, 0.15) is 71.8 Å². The largest absolute Gasteiger partial charge is 0.443 e. The first-order valence-electron chi connectivity index (χ1n) is 20.4. The monoisotopic (exact) mass is 817 g/mol. The normalized spacial score (nSPS) is 16.0. The van der Waals surface area contributed by atoms with Crippen LogP contribution in [0.4, 0.5) is 14.9 Å². The number of carbonyl (C=O) groups excluding carboxylic acids is 2. The van der Waals surface area contributed by atoms with Crippen LogP contribution in [0.5, 0.6) is 0 Å². The summed E-state index contributed by atoms with van der Waals surface area (Å²) >= 11 is 1.93. The summed E-state index contributed by atoms with van der Waals surface area (Å²) in [6.45, 7) is 6.67. The number of hydrogen-bond acceptors (Lipinski definition) is 7. The fourth-order valence-corrected chi connectivity index (χ4v) is 9.46. The molecule has 0 aromatic heterocycles. The highest BCUT2D eigenvalue weighted by Crippen LogP contribution is 2.51. The third-order valence-corrected chi connectivity index (χ3v) is 12.3. The standard InChI is InChI=1S/C49H56FN3O5S/c1-48(2,3)58-47(56)53(43-27-24-36(23-20-35-21-25-40(50)26-22-35)45(31-43)46(55)52-41(34-54)28-29-57-4)33-42-30-44(32-51-42)59-49(37-14-8-5-9-15-37,38-16-10-6-11-17-38)39-18-12-7-13-19-39/h5-19,21-22,24-27,31,41-42,44,51,54H,20,23,28-30,32-34H2,1-4H3,(H,52,55)/t41-,42?,44?/m0/s1. The van der Waals surface area contributed by atoms with Crippen LogP contribution in [-0.4, -0.2) is 73.5 Å². The minimum Gasteiger partial charge on any atom is -0.443 e. The first-order chi connectivity index (χ1) is 28.5. The molecule has 8 nitrogen and oxygen atoms in total. The molecule has 1 aliphatic rings. The van der Waals surface area contributed by atoms with Crippen LogP contribution in [0.2, 0.25) is 0 Å². The lowest BCUT2D eigenvalue weighted by molar-refractivity contribution is 0.0577. The van der Waals surface area contributed by atoms with Crippen LogP contribution in [0.15, 0.2) is 133 Å². The number of aryl methyl sites for hydroxylation is 2. The van der Waals surface area contributed by atoms with Crippen LogP contribution in [0.25, 0.3) is 0 Å². The molecule has 0 aliphatic carbocycles. The molecule has 0 spiro atoms. The van der Waals surface area contributed by atoms with Crippen molar-refractivity contribution in [3.8, 4) is 0 Å². The SMILES string of the molecule is COCC[C@@H](CO)NC(=O)c1cc(N(CC2CC(SC(c3ccccc3)(c3ccccc3)c3ccccc3)CN2)C(=O)OC(C)(C)C)ccc1CCc1ccc(F)cc1. The van der Waals surface area contributed by atoms with Crippen molar-refractivity contribution in [1.82, 2.24) is 10.6 Å². The van der Waals surface area contributed by atoms with Crippen molar-refractivity contribution < 1.29 is 28.6 Å². The van der Waals surface area contributed by atoms with Gasteiger partial charge in [0, 0.05) is 49.3 Å². The number of carbonyl (C=O) groups is 2. The Kier molecular flexibility index (Phi) is 15.0. The third kappa shape index (κ3) is 11.4. The van der Waals surface area contributed by atoms with E-state index < -0.39 is 22.5 Å². The zero-order valence-electron chi connectivity index (χ0n) is 34.4. The summed E-state index contributed by atoms with van der Waals surface area (Å²) in [7, 11) is 1.57. The maximum atomic E-state index is 14.2. The van der Waals surface area contributed by atoms with Gasteiger partial charge in [-0.3, -0.25) is 9.69 Å². The third-order valence-electron chi connectivity index (χ3n) is 10.6. The van der Waals surface area contributed by atoms with Crippen molar-refractivity contribution in [1.29, 1.82) is 0 Å². The van der Waals surface area contributed by atoms with Crippen LogP contribution in [0.3, 0.4) is 0 Å². The van der Waals surface area contributed by atoms with Gasteiger partial charge in [0.15, 0.2) is 0 Å². The number of rotatable bonds is 17. The van der Waals surface area contributed by atoms with Gasteiger partial charge in [0.05, 0.1) is 17.4 Å². The van der Waals surface area contributed by atoms with E-state index in [4.69, 9.17) is 9.47 Å². The Balaban J connectivity index is 1.31. The molecule has 0 radical (unpaired) electrons. The molecule has 2 unspecified atom stereocenters. The van der Waals surface area contributed by atoms with E-state index in [1.807, 2.05) is 62.9 Å². The number of halogens is 1. The van der Waals surface area contributed by atoms with Gasteiger partial charge in [-0.15, -0.1) is 11.8 Å². The highest BCUT2D eigenvalue weighted by Gasteiger charge is 2.42. The lowest BCUT2D eigenvalue weighted by Crippen LogP contribution is -2.44. The van der Waals surface area contributed by atoms with E-state index in [1.165, 1.54) is 28.8 Å². The van der Waals surface area contributed by atoms with Gasteiger partial charge in [-0.1, -0.05) is 109 Å². The number of anilines is 1. The summed E-state index contributed by atoms with van der Waals surface area (Å²) in [4.78, 5) is 29.8. The van der Waals surface area contributed by atoms with Gasteiger partial charge in [0.25, 0.3) is 5.91 Å². The van der Waals surface area contributed by atoms with E-state index in [1.54, 1.807) is 30.2 Å². The Morgan fingerprint density at radius 1 is 0.864 bits per heavy atom. The van der Waals surface area contributed by atoms with Crippen molar-refractivity contribution in [3.63, 3.8) is 0 Å². The quantitative estimate of drug-likeness (QED) is 0.0807. The fraction of sp³-hybridized carbons (Fsp3) is 0.347. The fourth-order valence-electron chi connectivity index (χ4n) is 7.63. The van der Waals surface area contributed by atoms with Gasteiger partial charge in [-0.25, -0.2) is 9.18 Å². The molecule has 5 aromatic carbocycles. The molecule has 2 amide bonds. The number of nitrogens with zero attached hydrogens (tertiary/aromatic N) is 1. The van der Waals surface area contributed by atoms with Gasteiger partial charge in [0.1, 0.15) is 11.4 Å². The summed E-state index contributed by atoms with van der Waals surface area (Å²) in [6.07, 6.45) is 1.77.